The SMILES string of the molecule is CNC(=O)C1Cc2ccccc2CN1C(=O)COc1cc(C)cc(C)c1. The van der Waals surface area contributed by atoms with Crippen molar-refractivity contribution in [1.82, 2.24) is 10.2 Å². The van der Waals surface area contributed by atoms with Gasteiger partial charge in [0.1, 0.15) is 11.8 Å². The highest BCUT2D eigenvalue weighted by Crippen LogP contribution is 2.24. The minimum Gasteiger partial charge on any atom is -0.484 e. The van der Waals surface area contributed by atoms with Gasteiger partial charge in [-0.15, -0.1) is 0 Å². The van der Waals surface area contributed by atoms with Gasteiger partial charge in [-0.25, -0.2) is 0 Å². The van der Waals surface area contributed by atoms with E-state index in [1.165, 1.54) is 0 Å². The molecule has 0 saturated carbocycles. The predicted molar refractivity (Wildman–Crippen MR) is 100.0 cm³/mol. The van der Waals surface area contributed by atoms with Crippen LogP contribution in [0.25, 0.3) is 0 Å². The van der Waals surface area contributed by atoms with Crippen molar-refractivity contribution in [2.45, 2.75) is 32.9 Å². The summed E-state index contributed by atoms with van der Waals surface area (Å²) in [7, 11) is 1.59. The molecule has 0 bridgehead atoms. The first-order valence-corrected chi connectivity index (χ1v) is 8.77. The van der Waals surface area contributed by atoms with E-state index in [4.69, 9.17) is 4.74 Å². The molecule has 0 aliphatic carbocycles. The second-order valence-corrected chi connectivity index (χ2v) is 6.74. The number of hydrogen-bond donors (Lipinski definition) is 1. The molecular formula is C21H24N2O3. The highest BCUT2D eigenvalue weighted by atomic mass is 16.5. The van der Waals surface area contributed by atoms with Crippen molar-refractivity contribution in [3.63, 3.8) is 0 Å². The number of carbonyl (C=O) groups excluding carboxylic acids is 2. The Morgan fingerprint density at radius 1 is 1.12 bits per heavy atom. The van der Waals surface area contributed by atoms with Gasteiger partial charge < -0.3 is 15.0 Å². The first-order chi connectivity index (χ1) is 12.5. The van der Waals surface area contributed by atoms with E-state index in [0.29, 0.717) is 18.7 Å². The zero-order valence-corrected chi connectivity index (χ0v) is 15.4. The summed E-state index contributed by atoms with van der Waals surface area (Å²) >= 11 is 0. The summed E-state index contributed by atoms with van der Waals surface area (Å²) in [4.78, 5) is 26.7. The molecule has 2 amide bonds. The van der Waals surface area contributed by atoms with E-state index in [-0.39, 0.29) is 18.4 Å². The number of aryl methyl sites for hydroxylation is 2. The number of benzene rings is 2. The molecule has 0 fully saturated rings. The molecule has 1 aliphatic rings. The maximum atomic E-state index is 12.8. The molecular weight excluding hydrogens is 328 g/mol. The molecule has 0 aromatic heterocycles. The second kappa shape index (κ2) is 7.60. The number of rotatable bonds is 4. The Morgan fingerprint density at radius 2 is 1.77 bits per heavy atom. The number of carbonyl (C=O) groups is 2. The van der Waals surface area contributed by atoms with Crippen LogP contribution in [0.3, 0.4) is 0 Å². The van der Waals surface area contributed by atoms with Gasteiger partial charge in [0.05, 0.1) is 0 Å². The summed E-state index contributed by atoms with van der Waals surface area (Å²) in [6.07, 6.45) is 0.519. The lowest BCUT2D eigenvalue weighted by atomic mass is 9.93. The zero-order chi connectivity index (χ0) is 18.7. The zero-order valence-electron chi connectivity index (χ0n) is 15.4. The monoisotopic (exact) mass is 352 g/mol. The van der Waals surface area contributed by atoms with Gasteiger partial charge in [0.25, 0.3) is 5.91 Å². The summed E-state index contributed by atoms with van der Waals surface area (Å²) < 4.78 is 5.71. The van der Waals surface area contributed by atoms with Crippen LogP contribution < -0.4 is 10.1 Å². The number of amides is 2. The fourth-order valence-electron chi connectivity index (χ4n) is 3.43. The van der Waals surface area contributed by atoms with Crippen LogP contribution in [-0.2, 0) is 22.6 Å². The largest absolute Gasteiger partial charge is 0.484 e. The van der Waals surface area contributed by atoms with Crippen molar-refractivity contribution in [2.75, 3.05) is 13.7 Å². The smallest absolute Gasteiger partial charge is 0.261 e. The average Bonchev–Trinajstić information content (AvgIpc) is 2.63. The van der Waals surface area contributed by atoms with Crippen molar-refractivity contribution < 1.29 is 14.3 Å². The standard InChI is InChI=1S/C21H24N2O3/c1-14-8-15(2)10-18(9-14)26-13-20(24)23-12-17-7-5-4-6-16(17)11-19(23)21(25)22-3/h4-10,19H,11-13H2,1-3H3,(H,22,25). The number of fused-ring (bicyclic) bond motifs is 1. The van der Waals surface area contributed by atoms with Crippen LogP contribution in [0, 0.1) is 13.8 Å². The van der Waals surface area contributed by atoms with Gasteiger partial charge in [-0.1, -0.05) is 30.3 Å². The lowest BCUT2D eigenvalue weighted by molar-refractivity contribution is -0.143. The Kier molecular flexibility index (Phi) is 5.26. The number of ether oxygens (including phenoxy) is 1. The third-order valence-corrected chi connectivity index (χ3v) is 4.68. The summed E-state index contributed by atoms with van der Waals surface area (Å²) in [6, 6.07) is 13.3. The van der Waals surface area contributed by atoms with Gasteiger partial charge in [0.2, 0.25) is 5.91 Å². The van der Waals surface area contributed by atoms with E-state index >= 15 is 0 Å². The van der Waals surface area contributed by atoms with Gasteiger partial charge in [-0.3, -0.25) is 9.59 Å². The molecule has 1 atom stereocenters. The maximum Gasteiger partial charge on any atom is 0.261 e. The van der Waals surface area contributed by atoms with Crippen LogP contribution >= 0.6 is 0 Å². The van der Waals surface area contributed by atoms with Crippen LogP contribution in [0.1, 0.15) is 22.3 Å². The summed E-state index contributed by atoms with van der Waals surface area (Å²) in [6.45, 7) is 4.32. The van der Waals surface area contributed by atoms with E-state index in [9.17, 15) is 9.59 Å². The first-order valence-electron chi connectivity index (χ1n) is 8.77. The van der Waals surface area contributed by atoms with Gasteiger partial charge in [0, 0.05) is 20.0 Å². The van der Waals surface area contributed by atoms with Gasteiger partial charge in [-0.2, -0.15) is 0 Å². The van der Waals surface area contributed by atoms with E-state index in [1.807, 2.05) is 50.2 Å². The Bertz CT molecular complexity index is 812. The van der Waals surface area contributed by atoms with Crippen molar-refractivity contribution in [3.05, 3.63) is 64.7 Å². The van der Waals surface area contributed by atoms with Crippen molar-refractivity contribution in [1.29, 1.82) is 0 Å². The first kappa shape index (κ1) is 18.0. The van der Waals surface area contributed by atoms with Crippen molar-refractivity contribution >= 4 is 11.8 Å². The topological polar surface area (TPSA) is 58.6 Å². The molecule has 1 aliphatic heterocycles. The minimum absolute atomic E-state index is 0.0848. The van der Waals surface area contributed by atoms with Crippen LogP contribution in [0.5, 0.6) is 5.75 Å². The fourth-order valence-corrected chi connectivity index (χ4v) is 3.43. The van der Waals surface area contributed by atoms with E-state index in [1.54, 1.807) is 11.9 Å². The highest BCUT2D eigenvalue weighted by Gasteiger charge is 2.34. The van der Waals surface area contributed by atoms with Gasteiger partial charge >= 0.3 is 0 Å². The molecule has 5 heteroatoms. The Labute approximate surface area is 154 Å². The third-order valence-electron chi connectivity index (χ3n) is 4.68. The average molecular weight is 352 g/mol. The lowest BCUT2D eigenvalue weighted by Crippen LogP contribution is -2.53. The molecule has 5 nitrogen and oxygen atoms in total. The summed E-state index contributed by atoms with van der Waals surface area (Å²) in [5.74, 6) is 0.330. The predicted octanol–water partition coefficient (Wildman–Crippen LogP) is 2.38. The molecule has 2 aromatic rings. The van der Waals surface area contributed by atoms with Crippen LogP contribution in [0.15, 0.2) is 42.5 Å². The van der Waals surface area contributed by atoms with E-state index < -0.39 is 6.04 Å². The summed E-state index contributed by atoms with van der Waals surface area (Å²) in [5.41, 5.74) is 4.36. The van der Waals surface area contributed by atoms with Crippen LogP contribution in [-0.4, -0.2) is 36.4 Å². The number of likely N-dealkylation sites (N-methyl/N-ethyl adjacent to an activating group) is 1. The Hall–Kier alpha value is -2.82. The molecule has 26 heavy (non-hydrogen) atoms. The van der Waals surface area contributed by atoms with Gasteiger partial charge in [-0.05, 0) is 48.2 Å². The molecule has 1 N–H and O–H groups in total. The Morgan fingerprint density at radius 3 is 2.42 bits per heavy atom. The fraction of sp³-hybridized carbons (Fsp3) is 0.333. The highest BCUT2D eigenvalue weighted by molar-refractivity contribution is 5.88. The molecule has 136 valence electrons. The molecule has 0 spiro atoms. The minimum atomic E-state index is -0.509. The number of hydrogen-bond acceptors (Lipinski definition) is 3. The quantitative estimate of drug-likeness (QED) is 0.919. The van der Waals surface area contributed by atoms with Gasteiger partial charge in [0.15, 0.2) is 6.61 Å². The second-order valence-electron chi connectivity index (χ2n) is 6.74. The van der Waals surface area contributed by atoms with E-state index in [0.717, 1.165) is 22.3 Å². The van der Waals surface area contributed by atoms with Crippen LogP contribution in [0.2, 0.25) is 0 Å². The normalized spacial score (nSPS) is 16.0. The molecule has 2 aromatic carbocycles. The maximum absolute atomic E-state index is 12.8. The number of nitrogens with one attached hydrogen (secondary N) is 1. The summed E-state index contributed by atoms with van der Waals surface area (Å²) in [5, 5.41) is 2.67. The Balaban J connectivity index is 1.76. The van der Waals surface area contributed by atoms with E-state index in [2.05, 4.69) is 11.4 Å². The number of nitrogens with zero attached hydrogens (tertiary/aromatic N) is 1. The van der Waals surface area contributed by atoms with Crippen molar-refractivity contribution in [3.8, 4) is 5.75 Å². The van der Waals surface area contributed by atoms with Crippen LogP contribution in [0.4, 0.5) is 0 Å². The molecule has 0 saturated heterocycles. The molecule has 0 radical (unpaired) electrons. The molecule has 1 heterocycles. The van der Waals surface area contributed by atoms with Crippen molar-refractivity contribution in [2.24, 2.45) is 0 Å². The lowest BCUT2D eigenvalue weighted by Gasteiger charge is -2.35. The molecule has 3 rings (SSSR count). The third kappa shape index (κ3) is 3.87. The molecule has 1 unspecified atom stereocenters.